The van der Waals surface area contributed by atoms with E-state index in [1.807, 2.05) is 37.3 Å². The molecule has 2 heterocycles. The van der Waals surface area contributed by atoms with Crippen LogP contribution in [0.15, 0.2) is 71.3 Å². The molecule has 0 saturated heterocycles. The molecule has 1 N–H and O–H groups in total. The van der Waals surface area contributed by atoms with Crippen LogP contribution in [-0.2, 0) is 16.9 Å². The maximum atomic E-state index is 13.3. The minimum absolute atomic E-state index is 0.224. The molecule has 0 aliphatic carbocycles. The van der Waals surface area contributed by atoms with Gasteiger partial charge in [0.25, 0.3) is 5.91 Å². The van der Waals surface area contributed by atoms with E-state index in [4.69, 9.17) is 0 Å². The van der Waals surface area contributed by atoms with E-state index in [9.17, 15) is 14.7 Å². The van der Waals surface area contributed by atoms with Gasteiger partial charge in [-0.15, -0.1) is 0 Å². The summed E-state index contributed by atoms with van der Waals surface area (Å²) < 4.78 is 0.727. The fraction of sp³-hybridized carbons (Fsp3) is 0.174. The molecule has 29 heavy (non-hydrogen) atoms. The van der Waals surface area contributed by atoms with Crippen molar-refractivity contribution in [3.8, 4) is 0 Å². The molecule has 1 unspecified atom stereocenters. The predicted octanol–water partition coefficient (Wildman–Crippen LogP) is 4.16. The van der Waals surface area contributed by atoms with Crippen molar-refractivity contribution in [2.75, 3.05) is 4.90 Å². The molecular weight excluding hydrogens is 432 g/mol. The van der Waals surface area contributed by atoms with Crippen LogP contribution in [0.1, 0.15) is 33.6 Å². The minimum atomic E-state index is -1.93. The highest BCUT2D eigenvalue weighted by Crippen LogP contribution is 2.44. The van der Waals surface area contributed by atoms with Crippen LogP contribution in [0.25, 0.3) is 0 Å². The SMILES string of the molecule is Cc1ccc(CN2C(=O)C(O)(CC(=O)c3ccccn3)c3cc(Br)ccc32)cc1. The fourth-order valence-corrected chi connectivity index (χ4v) is 3.94. The van der Waals surface area contributed by atoms with Crippen molar-refractivity contribution in [2.45, 2.75) is 25.5 Å². The molecule has 0 saturated carbocycles. The van der Waals surface area contributed by atoms with Gasteiger partial charge in [0.15, 0.2) is 11.4 Å². The number of hydrogen-bond acceptors (Lipinski definition) is 4. The lowest BCUT2D eigenvalue weighted by Gasteiger charge is -2.22. The monoisotopic (exact) mass is 450 g/mol. The van der Waals surface area contributed by atoms with Crippen LogP contribution in [0, 0.1) is 6.92 Å². The second kappa shape index (κ2) is 7.54. The first-order valence-electron chi connectivity index (χ1n) is 9.22. The molecular formula is C23H19BrN2O3. The number of aryl methyl sites for hydroxylation is 1. The molecule has 3 aromatic rings. The van der Waals surface area contributed by atoms with Gasteiger partial charge in [-0.3, -0.25) is 14.6 Å². The zero-order chi connectivity index (χ0) is 20.6. The van der Waals surface area contributed by atoms with Gasteiger partial charge in [-0.05, 0) is 42.8 Å². The molecule has 1 atom stereocenters. The van der Waals surface area contributed by atoms with Gasteiger partial charge in [0.1, 0.15) is 5.69 Å². The maximum Gasteiger partial charge on any atom is 0.264 e. The summed E-state index contributed by atoms with van der Waals surface area (Å²) >= 11 is 3.40. The summed E-state index contributed by atoms with van der Waals surface area (Å²) in [5.41, 5.74) is 1.39. The molecule has 6 heteroatoms. The number of rotatable bonds is 5. The first kappa shape index (κ1) is 19.5. The van der Waals surface area contributed by atoms with E-state index in [1.54, 1.807) is 30.3 Å². The Bertz CT molecular complexity index is 1080. The summed E-state index contributed by atoms with van der Waals surface area (Å²) in [5.74, 6) is -0.889. The summed E-state index contributed by atoms with van der Waals surface area (Å²) in [4.78, 5) is 31.7. The van der Waals surface area contributed by atoms with Crippen LogP contribution in [0.2, 0.25) is 0 Å². The first-order valence-corrected chi connectivity index (χ1v) is 10.0. The van der Waals surface area contributed by atoms with Gasteiger partial charge < -0.3 is 10.0 Å². The van der Waals surface area contributed by atoms with Crippen molar-refractivity contribution in [2.24, 2.45) is 0 Å². The largest absolute Gasteiger partial charge is 0.375 e. The smallest absolute Gasteiger partial charge is 0.264 e. The van der Waals surface area contributed by atoms with Gasteiger partial charge in [0, 0.05) is 16.2 Å². The Morgan fingerprint density at radius 1 is 1.14 bits per heavy atom. The van der Waals surface area contributed by atoms with Crippen molar-refractivity contribution in [3.63, 3.8) is 0 Å². The number of ketones is 1. The normalized spacial score (nSPS) is 18.0. The molecule has 2 aromatic carbocycles. The number of amides is 1. The Morgan fingerprint density at radius 3 is 2.59 bits per heavy atom. The average Bonchev–Trinajstić information content (AvgIpc) is 2.92. The molecule has 0 spiro atoms. The lowest BCUT2D eigenvalue weighted by atomic mass is 9.89. The summed E-state index contributed by atoms with van der Waals surface area (Å²) in [6.07, 6.45) is 1.15. The fourth-order valence-electron chi connectivity index (χ4n) is 3.58. The molecule has 4 rings (SSSR count). The Hall–Kier alpha value is -2.83. The average molecular weight is 451 g/mol. The van der Waals surface area contributed by atoms with Crippen LogP contribution in [0.5, 0.6) is 0 Å². The van der Waals surface area contributed by atoms with Crippen molar-refractivity contribution in [3.05, 3.63) is 93.7 Å². The van der Waals surface area contributed by atoms with Gasteiger partial charge in [0.05, 0.1) is 18.7 Å². The third kappa shape index (κ3) is 3.61. The number of aromatic nitrogens is 1. The molecule has 0 radical (unpaired) electrons. The van der Waals surface area contributed by atoms with Crippen LogP contribution in [0.3, 0.4) is 0 Å². The van der Waals surface area contributed by atoms with E-state index in [-0.39, 0.29) is 17.9 Å². The molecule has 1 aromatic heterocycles. The van der Waals surface area contributed by atoms with Gasteiger partial charge in [-0.2, -0.15) is 0 Å². The topological polar surface area (TPSA) is 70.5 Å². The molecule has 146 valence electrons. The molecule has 5 nitrogen and oxygen atoms in total. The number of aliphatic hydroxyl groups is 1. The molecule has 1 amide bonds. The number of halogens is 1. The van der Waals surface area contributed by atoms with Gasteiger partial charge in [-0.1, -0.05) is 51.8 Å². The third-order valence-electron chi connectivity index (χ3n) is 5.12. The number of nitrogens with zero attached hydrogens (tertiary/aromatic N) is 2. The zero-order valence-corrected chi connectivity index (χ0v) is 17.4. The second-order valence-electron chi connectivity index (χ2n) is 7.21. The van der Waals surface area contributed by atoms with Crippen molar-refractivity contribution in [1.82, 2.24) is 4.98 Å². The van der Waals surface area contributed by atoms with Gasteiger partial charge in [-0.25, -0.2) is 0 Å². The van der Waals surface area contributed by atoms with Crippen molar-refractivity contribution >= 4 is 33.3 Å². The summed E-state index contributed by atoms with van der Waals surface area (Å²) in [5, 5.41) is 11.4. The Labute approximate surface area is 177 Å². The quantitative estimate of drug-likeness (QED) is 0.592. The van der Waals surface area contributed by atoms with Crippen molar-refractivity contribution in [1.29, 1.82) is 0 Å². The lowest BCUT2D eigenvalue weighted by Crippen LogP contribution is -2.41. The van der Waals surface area contributed by atoms with E-state index in [0.717, 1.165) is 15.6 Å². The summed E-state index contributed by atoms with van der Waals surface area (Å²) in [6.45, 7) is 2.31. The second-order valence-corrected chi connectivity index (χ2v) is 8.13. The van der Waals surface area contributed by atoms with Crippen LogP contribution < -0.4 is 4.90 Å². The number of anilines is 1. The minimum Gasteiger partial charge on any atom is -0.375 e. The van der Waals surface area contributed by atoms with E-state index in [2.05, 4.69) is 20.9 Å². The van der Waals surface area contributed by atoms with E-state index >= 15 is 0 Å². The van der Waals surface area contributed by atoms with Crippen LogP contribution in [-0.4, -0.2) is 21.8 Å². The summed E-state index contributed by atoms with van der Waals surface area (Å²) in [6, 6.07) is 18.2. The Balaban J connectivity index is 1.71. The Kier molecular flexibility index (Phi) is 5.06. The van der Waals surface area contributed by atoms with Gasteiger partial charge >= 0.3 is 0 Å². The Morgan fingerprint density at radius 2 is 1.90 bits per heavy atom. The number of carbonyl (C=O) groups is 2. The highest BCUT2D eigenvalue weighted by Gasteiger charge is 2.51. The van der Waals surface area contributed by atoms with Gasteiger partial charge in [0.2, 0.25) is 0 Å². The molecule has 0 fully saturated rings. The number of benzene rings is 2. The first-order chi connectivity index (χ1) is 13.9. The maximum absolute atomic E-state index is 13.3. The predicted molar refractivity (Wildman–Crippen MR) is 114 cm³/mol. The number of hydrogen-bond donors (Lipinski definition) is 1. The highest BCUT2D eigenvalue weighted by atomic mass is 79.9. The highest BCUT2D eigenvalue weighted by molar-refractivity contribution is 9.10. The zero-order valence-electron chi connectivity index (χ0n) is 15.8. The van der Waals surface area contributed by atoms with E-state index in [0.29, 0.717) is 17.8 Å². The summed E-state index contributed by atoms with van der Waals surface area (Å²) in [7, 11) is 0. The number of carbonyl (C=O) groups excluding carboxylic acids is 2. The number of fused-ring (bicyclic) bond motifs is 1. The molecule has 1 aliphatic rings. The van der Waals surface area contributed by atoms with E-state index in [1.165, 1.54) is 11.1 Å². The number of Topliss-reactive ketones (excluding diaryl/α,β-unsaturated/α-hetero) is 1. The third-order valence-corrected chi connectivity index (χ3v) is 5.62. The van der Waals surface area contributed by atoms with E-state index < -0.39 is 11.5 Å². The molecule has 1 aliphatic heterocycles. The molecule has 0 bridgehead atoms. The van der Waals surface area contributed by atoms with Crippen LogP contribution in [0.4, 0.5) is 5.69 Å². The lowest BCUT2D eigenvalue weighted by molar-refractivity contribution is -0.136. The number of pyridine rings is 1. The van der Waals surface area contributed by atoms with Crippen LogP contribution >= 0.6 is 15.9 Å². The van der Waals surface area contributed by atoms with Crippen molar-refractivity contribution < 1.29 is 14.7 Å². The standard InChI is InChI=1S/C23H19BrN2O3/c1-15-5-7-16(8-6-15)14-26-20-10-9-17(24)12-18(20)23(29,22(26)28)13-21(27)19-4-2-3-11-25-19/h2-12,29H,13-14H2,1H3.